The molecule has 0 aliphatic carbocycles. The van der Waals surface area contributed by atoms with Crippen molar-refractivity contribution in [2.45, 2.75) is 25.5 Å². The number of nitrogens with one attached hydrogen (secondary N) is 1. The normalized spacial score (nSPS) is 23.3. The summed E-state index contributed by atoms with van der Waals surface area (Å²) in [5.41, 5.74) is -0.709. The van der Waals surface area contributed by atoms with Crippen molar-refractivity contribution >= 4 is 0 Å². The Morgan fingerprint density at radius 3 is 2.71 bits per heavy atom. The fraction of sp³-hybridized carbons (Fsp3) is 1.00. The third-order valence-corrected chi connectivity index (χ3v) is 2.92. The monoisotopic (exact) mass is 246 g/mol. The number of aliphatic hydroxyl groups is 1. The number of morpholine rings is 1. The second-order valence-corrected chi connectivity index (χ2v) is 5.12. The van der Waals surface area contributed by atoms with Crippen LogP contribution in [0.2, 0.25) is 0 Å². The molecule has 1 aliphatic rings. The molecule has 2 atom stereocenters. The van der Waals surface area contributed by atoms with Crippen molar-refractivity contribution in [3.8, 4) is 0 Å². The number of β-amino-alcohol motifs (C(OH)–C–C–N with tert-alkyl or cyclic N) is 1. The van der Waals surface area contributed by atoms with Crippen LogP contribution < -0.4 is 5.32 Å². The lowest BCUT2D eigenvalue weighted by atomic mass is 10.1. The Kier molecular flexibility index (Phi) is 6.37. The maximum Gasteiger partial charge on any atom is 0.0869 e. The van der Waals surface area contributed by atoms with Crippen LogP contribution in [0.5, 0.6) is 0 Å². The highest BCUT2D eigenvalue weighted by Gasteiger charge is 2.25. The van der Waals surface area contributed by atoms with E-state index in [1.165, 1.54) is 0 Å². The summed E-state index contributed by atoms with van der Waals surface area (Å²) in [5, 5.41) is 13.6. The molecular formula is C12H26N2O3. The molecule has 1 rings (SSSR count). The van der Waals surface area contributed by atoms with Crippen molar-refractivity contribution in [1.82, 2.24) is 10.2 Å². The Hall–Kier alpha value is -0.200. The van der Waals surface area contributed by atoms with E-state index in [0.717, 1.165) is 26.3 Å². The zero-order chi connectivity index (χ0) is 12.7. The molecule has 5 heteroatoms. The maximum atomic E-state index is 10.3. The van der Waals surface area contributed by atoms with E-state index in [2.05, 4.69) is 10.2 Å². The van der Waals surface area contributed by atoms with Gasteiger partial charge in [-0.3, -0.25) is 4.90 Å². The molecule has 0 aromatic carbocycles. The van der Waals surface area contributed by atoms with Crippen LogP contribution in [0.4, 0.5) is 0 Å². The van der Waals surface area contributed by atoms with Gasteiger partial charge in [0.2, 0.25) is 0 Å². The van der Waals surface area contributed by atoms with Gasteiger partial charge in [-0.15, -0.1) is 0 Å². The van der Waals surface area contributed by atoms with E-state index in [-0.39, 0.29) is 6.04 Å². The molecule has 0 radical (unpaired) electrons. The molecule has 102 valence electrons. The molecule has 1 saturated heterocycles. The second-order valence-electron chi connectivity index (χ2n) is 5.12. The average Bonchev–Trinajstić information content (AvgIpc) is 2.28. The molecule has 17 heavy (non-hydrogen) atoms. The van der Waals surface area contributed by atoms with Crippen molar-refractivity contribution in [1.29, 1.82) is 0 Å². The Balaban J connectivity index is 2.24. The summed E-state index contributed by atoms with van der Waals surface area (Å²) in [6, 6.07) is 0.260. The highest BCUT2D eigenvalue weighted by atomic mass is 16.5. The Morgan fingerprint density at radius 1 is 1.47 bits per heavy atom. The average molecular weight is 246 g/mol. The van der Waals surface area contributed by atoms with Gasteiger partial charge in [-0.25, -0.2) is 0 Å². The summed E-state index contributed by atoms with van der Waals surface area (Å²) in [6.07, 6.45) is 0. The number of methoxy groups -OCH3 is 1. The number of ether oxygens (including phenoxy) is 2. The first-order valence-electron chi connectivity index (χ1n) is 6.28. The minimum Gasteiger partial charge on any atom is -0.388 e. The molecule has 2 unspecified atom stereocenters. The van der Waals surface area contributed by atoms with Crippen molar-refractivity contribution in [3.63, 3.8) is 0 Å². The van der Waals surface area contributed by atoms with Crippen molar-refractivity contribution < 1.29 is 14.6 Å². The summed E-state index contributed by atoms with van der Waals surface area (Å²) in [7, 11) is 1.68. The van der Waals surface area contributed by atoms with Crippen LogP contribution in [0.25, 0.3) is 0 Å². The lowest BCUT2D eigenvalue weighted by molar-refractivity contribution is -0.0235. The minimum absolute atomic E-state index is 0.260. The Bertz CT molecular complexity index is 206. The van der Waals surface area contributed by atoms with Gasteiger partial charge in [0.25, 0.3) is 0 Å². The van der Waals surface area contributed by atoms with Crippen LogP contribution in [-0.2, 0) is 9.47 Å². The molecule has 1 heterocycles. The zero-order valence-corrected chi connectivity index (χ0v) is 11.2. The molecule has 1 fully saturated rings. The molecule has 2 N–H and O–H groups in total. The van der Waals surface area contributed by atoms with E-state index < -0.39 is 5.60 Å². The van der Waals surface area contributed by atoms with E-state index in [1.54, 1.807) is 7.11 Å². The van der Waals surface area contributed by atoms with Crippen molar-refractivity contribution in [3.05, 3.63) is 0 Å². The third kappa shape index (κ3) is 6.33. The molecule has 0 aromatic heterocycles. The summed E-state index contributed by atoms with van der Waals surface area (Å²) >= 11 is 0. The number of rotatable bonds is 7. The molecular weight excluding hydrogens is 220 g/mol. The molecule has 0 saturated carbocycles. The Morgan fingerprint density at radius 2 is 2.12 bits per heavy atom. The molecule has 0 bridgehead atoms. The van der Waals surface area contributed by atoms with Gasteiger partial charge in [-0.05, 0) is 13.8 Å². The largest absolute Gasteiger partial charge is 0.388 e. The number of hydrogen-bond donors (Lipinski definition) is 2. The van der Waals surface area contributed by atoms with E-state index in [9.17, 15) is 5.11 Å². The van der Waals surface area contributed by atoms with Crippen molar-refractivity contribution in [2.24, 2.45) is 0 Å². The fourth-order valence-electron chi connectivity index (χ4n) is 2.00. The fourth-order valence-corrected chi connectivity index (χ4v) is 2.00. The minimum atomic E-state index is -0.709. The lowest BCUT2D eigenvalue weighted by Crippen LogP contribution is -2.52. The summed E-state index contributed by atoms with van der Waals surface area (Å²) in [6.45, 7) is 9.19. The van der Waals surface area contributed by atoms with Crippen LogP contribution in [0.3, 0.4) is 0 Å². The van der Waals surface area contributed by atoms with E-state index in [4.69, 9.17) is 9.47 Å². The van der Waals surface area contributed by atoms with E-state index in [1.807, 2.05) is 13.8 Å². The van der Waals surface area contributed by atoms with Gasteiger partial charge in [0, 0.05) is 39.3 Å². The summed E-state index contributed by atoms with van der Waals surface area (Å²) in [4.78, 5) is 2.24. The lowest BCUT2D eigenvalue weighted by Gasteiger charge is -2.34. The van der Waals surface area contributed by atoms with Gasteiger partial charge in [0.1, 0.15) is 0 Å². The van der Waals surface area contributed by atoms with Gasteiger partial charge >= 0.3 is 0 Å². The highest BCUT2D eigenvalue weighted by Crippen LogP contribution is 2.07. The van der Waals surface area contributed by atoms with Crippen LogP contribution >= 0.6 is 0 Å². The van der Waals surface area contributed by atoms with Gasteiger partial charge in [0.15, 0.2) is 0 Å². The smallest absolute Gasteiger partial charge is 0.0869 e. The van der Waals surface area contributed by atoms with Crippen LogP contribution in [0, 0.1) is 0 Å². The predicted octanol–water partition coefficient (Wildman–Crippen LogP) is -0.306. The Labute approximate surface area is 104 Å². The standard InChI is InChI=1S/C12H26N2O3/c1-11(8-16-3)13-9-12(2,15)10-14-4-6-17-7-5-14/h11,13,15H,4-10H2,1-3H3. The molecule has 5 nitrogen and oxygen atoms in total. The van der Waals surface area contributed by atoms with Crippen LogP contribution in [-0.4, -0.2) is 74.8 Å². The van der Waals surface area contributed by atoms with E-state index in [0.29, 0.717) is 19.7 Å². The first-order chi connectivity index (χ1) is 8.03. The second kappa shape index (κ2) is 7.28. The quantitative estimate of drug-likeness (QED) is 0.645. The molecule has 1 aliphatic heterocycles. The topological polar surface area (TPSA) is 54.0 Å². The van der Waals surface area contributed by atoms with Crippen LogP contribution in [0.1, 0.15) is 13.8 Å². The number of nitrogens with zero attached hydrogens (tertiary/aromatic N) is 1. The van der Waals surface area contributed by atoms with Gasteiger partial charge in [-0.1, -0.05) is 0 Å². The van der Waals surface area contributed by atoms with Gasteiger partial charge in [-0.2, -0.15) is 0 Å². The number of hydrogen-bond acceptors (Lipinski definition) is 5. The molecule has 0 spiro atoms. The van der Waals surface area contributed by atoms with Crippen molar-refractivity contribution in [2.75, 3.05) is 53.1 Å². The molecule has 0 aromatic rings. The SMILES string of the molecule is COCC(C)NCC(C)(O)CN1CCOCC1. The highest BCUT2D eigenvalue weighted by molar-refractivity contribution is 4.82. The van der Waals surface area contributed by atoms with E-state index >= 15 is 0 Å². The van der Waals surface area contributed by atoms with Gasteiger partial charge in [0.05, 0.1) is 25.4 Å². The molecule has 0 amide bonds. The first-order valence-corrected chi connectivity index (χ1v) is 6.28. The zero-order valence-electron chi connectivity index (χ0n) is 11.2. The third-order valence-electron chi connectivity index (χ3n) is 2.92. The van der Waals surface area contributed by atoms with Gasteiger partial charge < -0.3 is 19.9 Å². The maximum absolute atomic E-state index is 10.3. The predicted molar refractivity (Wildman–Crippen MR) is 67.2 cm³/mol. The van der Waals surface area contributed by atoms with Crippen LogP contribution in [0.15, 0.2) is 0 Å². The summed E-state index contributed by atoms with van der Waals surface area (Å²) < 4.78 is 10.3. The summed E-state index contributed by atoms with van der Waals surface area (Å²) in [5.74, 6) is 0. The first kappa shape index (κ1) is 14.9.